The monoisotopic (exact) mass is 171 g/mol. The highest BCUT2D eigenvalue weighted by Gasteiger charge is 2.20. The molecule has 1 aromatic rings. The van der Waals surface area contributed by atoms with Gasteiger partial charge >= 0.3 is 0 Å². The first-order chi connectivity index (χ1) is 6.25. The Bertz CT molecular complexity index is 281. The van der Waals surface area contributed by atoms with E-state index in [4.69, 9.17) is 7.85 Å². The van der Waals surface area contributed by atoms with E-state index in [2.05, 4.69) is 24.1 Å². The highest BCUT2D eigenvalue weighted by Crippen LogP contribution is 2.25. The maximum Gasteiger partial charge on any atom is 0.113 e. The highest BCUT2D eigenvalue weighted by molar-refractivity contribution is 6.32. The summed E-state index contributed by atoms with van der Waals surface area (Å²) >= 11 is 0. The standard InChI is InChI=1S/C11H14BN/c1-13-7-6-10(8-13)9-2-4-11(12)5-3-9/h2-5,10H,6-8H2,1H3. The number of hydrogen-bond donors (Lipinski definition) is 0. The van der Waals surface area contributed by atoms with Crippen molar-refractivity contribution in [3.05, 3.63) is 29.8 Å². The van der Waals surface area contributed by atoms with Crippen LogP contribution in [0.1, 0.15) is 17.9 Å². The van der Waals surface area contributed by atoms with Crippen LogP contribution in [0.15, 0.2) is 24.3 Å². The molecule has 1 heterocycles. The summed E-state index contributed by atoms with van der Waals surface area (Å²) in [4.78, 5) is 2.38. The van der Waals surface area contributed by atoms with E-state index in [9.17, 15) is 0 Å². The summed E-state index contributed by atoms with van der Waals surface area (Å²) in [6, 6.07) is 8.29. The quantitative estimate of drug-likeness (QED) is 0.567. The van der Waals surface area contributed by atoms with Crippen LogP contribution in [0.2, 0.25) is 0 Å². The van der Waals surface area contributed by atoms with Crippen LogP contribution in [-0.4, -0.2) is 32.9 Å². The van der Waals surface area contributed by atoms with Gasteiger partial charge in [0.2, 0.25) is 0 Å². The van der Waals surface area contributed by atoms with E-state index in [0.717, 1.165) is 5.46 Å². The Kier molecular flexibility index (Phi) is 2.41. The van der Waals surface area contributed by atoms with Gasteiger partial charge in [-0.2, -0.15) is 0 Å². The predicted octanol–water partition coefficient (Wildman–Crippen LogP) is 0.900. The molecular formula is C11H14BN. The van der Waals surface area contributed by atoms with Gasteiger partial charge in [-0.05, 0) is 31.5 Å². The predicted molar refractivity (Wildman–Crippen MR) is 56.7 cm³/mol. The van der Waals surface area contributed by atoms with Gasteiger partial charge in [-0.15, -0.1) is 0 Å². The van der Waals surface area contributed by atoms with Crippen molar-refractivity contribution in [3.63, 3.8) is 0 Å². The second kappa shape index (κ2) is 3.55. The molecule has 1 unspecified atom stereocenters. The van der Waals surface area contributed by atoms with Crippen molar-refractivity contribution in [3.8, 4) is 0 Å². The Labute approximate surface area is 81.2 Å². The van der Waals surface area contributed by atoms with Crippen molar-refractivity contribution in [2.75, 3.05) is 20.1 Å². The Morgan fingerprint density at radius 3 is 2.54 bits per heavy atom. The molecule has 0 saturated carbocycles. The minimum Gasteiger partial charge on any atom is -0.306 e. The smallest absolute Gasteiger partial charge is 0.113 e. The van der Waals surface area contributed by atoms with Gasteiger partial charge in [0.05, 0.1) is 0 Å². The third-order valence-electron chi connectivity index (χ3n) is 2.80. The van der Waals surface area contributed by atoms with E-state index in [1.165, 1.54) is 25.1 Å². The van der Waals surface area contributed by atoms with Gasteiger partial charge in [0.15, 0.2) is 0 Å². The van der Waals surface area contributed by atoms with Gasteiger partial charge in [0.1, 0.15) is 7.85 Å². The van der Waals surface area contributed by atoms with Crippen LogP contribution in [0.5, 0.6) is 0 Å². The normalized spacial score (nSPS) is 23.6. The minimum atomic E-state index is 0.714. The molecule has 2 radical (unpaired) electrons. The summed E-state index contributed by atoms with van der Waals surface area (Å²) in [7, 11) is 7.82. The third-order valence-corrected chi connectivity index (χ3v) is 2.80. The minimum absolute atomic E-state index is 0.714. The number of rotatable bonds is 1. The van der Waals surface area contributed by atoms with Crippen molar-refractivity contribution < 1.29 is 0 Å². The van der Waals surface area contributed by atoms with E-state index in [1.807, 2.05) is 12.1 Å². The van der Waals surface area contributed by atoms with Gasteiger partial charge in [-0.3, -0.25) is 0 Å². The molecule has 0 spiro atoms. The summed E-state index contributed by atoms with van der Waals surface area (Å²) in [6.07, 6.45) is 1.28. The van der Waals surface area contributed by atoms with E-state index in [-0.39, 0.29) is 0 Å². The zero-order chi connectivity index (χ0) is 9.26. The van der Waals surface area contributed by atoms with Crippen LogP contribution in [0.4, 0.5) is 0 Å². The first-order valence-corrected chi connectivity index (χ1v) is 4.79. The lowest BCUT2D eigenvalue weighted by atomic mass is 9.91. The molecule has 1 aliphatic rings. The van der Waals surface area contributed by atoms with Crippen molar-refractivity contribution in [2.24, 2.45) is 0 Å². The largest absolute Gasteiger partial charge is 0.306 e. The molecule has 2 rings (SSSR count). The van der Waals surface area contributed by atoms with Crippen LogP contribution >= 0.6 is 0 Å². The average Bonchev–Trinajstić information content (AvgIpc) is 2.53. The topological polar surface area (TPSA) is 3.24 Å². The first kappa shape index (κ1) is 8.83. The summed E-state index contributed by atoms with van der Waals surface area (Å²) in [6.45, 7) is 2.40. The van der Waals surface area contributed by atoms with Crippen molar-refractivity contribution >= 4 is 13.3 Å². The zero-order valence-corrected chi connectivity index (χ0v) is 8.03. The van der Waals surface area contributed by atoms with Gasteiger partial charge < -0.3 is 4.90 Å². The summed E-state index contributed by atoms with van der Waals surface area (Å²) in [5.74, 6) is 0.714. The van der Waals surface area contributed by atoms with Crippen molar-refractivity contribution in [1.29, 1.82) is 0 Å². The van der Waals surface area contributed by atoms with Crippen LogP contribution in [-0.2, 0) is 0 Å². The van der Waals surface area contributed by atoms with Gasteiger partial charge in [-0.1, -0.05) is 29.7 Å². The Balaban J connectivity index is 2.13. The molecule has 1 atom stereocenters. The lowest BCUT2D eigenvalue weighted by Gasteiger charge is -2.10. The van der Waals surface area contributed by atoms with Crippen molar-refractivity contribution in [1.82, 2.24) is 4.90 Å². The maximum atomic E-state index is 5.64. The molecule has 1 aromatic carbocycles. The van der Waals surface area contributed by atoms with Gasteiger partial charge in [0.25, 0.3) is 0 Å². The zero-order valence-electron chi connectivity index (χ0n) is 8.03. The molecule has 66 valence electrons. The molecule has 1 aliphatic heterocycles. The maximum absolute atomic E-state index is 5.64. The van der Waals surface area contributed by atoms with Crippen molar-refractivity contribution in [2.45, 2.75) is 12.3 Å². The lowest BCUT2D eigenvalue weighted by Crippen LogP contribution is -2.13. The molecule has 2 heteroatoms. The number of likely N-dealkylation sites (tertiary alicyclic amines) is 1. The fourth-order valence-electron chi connectivity index (χ4n) is 1.98. The van der Waals surface area contributed by atoms with Crippen LogP contribution in [0, 0.1) is 0 Å². The van der Waals surface area contributed by atoms with E-state index >= 15 is 0 Å². The molecule has 0 aliphatic carbocycles. The second-order valence-corrected chi connectivity index (χ2v) is 3.91. The van der Waals surface area contributed by atoms with Crippen LogP contribution in [0.25, 0.3) is 0 Å². The SMILES string of the molecule is [B]c1ccc(C2CCN(C)C2)cc1. The molecule has 1 saturated heterocycles. The lowest BCUT2D eigenvalue weighted by molar-refractivity contribution is 0.411. The third kappa shape index (κ3) is 1.94. The summed E-state index contributed by atoms with van der Waals surface area (Å²) < 4.78 is 0. The second-order valence-electron chi connectivity index (χ2n) is 3.91. The van der Waals surface area contributed by atoms with Crippen LogP contribution < -0.4 is 5.46 Å². The highest BCUT2D eigenvalue weighted by atomic mass is 15.1. The Hall–Kier alpha value is -0.755. The molecule has 0 bridgehead atoms. The van der Waals surface area contributed by atoms with Gasteiger partial charge in [-0.25, -0.2) is 0 Å². The molecule has 13 heavy (non-hydrogen) atoms. The van der Waals surface area contributed by atoms with E-state index in [0.29, 0.717) is 5.92 Å². The Morgan fingerprint density at radius 1 is 1.31 bits per heavy atom. The number of nitrogens with zero attached hydrogens (tertiary/aromatic N) is 1. The molecule has 1 fully saturated rings. The van der Waals surface area contributed by atoms with E-state index in [1.54, 1.807) is 0 Å². The molecule has 1 nitrogen and oxygen atoms in total. The summed E-state index contributed by atoms with van der Waals surface area (Å²) in [5.41, 5.74) is 2.29. The number of likely N-dealkylation sites (N-methyl/N-ethyl adjacent to an activating group) is 1. The fraction of sp³-hybridized carbons (Fsp3) is 0.455. The Morgan fingerprint density at radius 2 is 2.00 bits per heavy atom. The number of hydrogen-bond acceptors (Lipinski definition) is 1. The first-order valence-electron chi connectivity index (χ1n) is 4.79. The molecular weight excluding hydrogens is 157 g/mol. The summed E-state index contributed by atoms with van der Waals surface area (Å²) in [5, 5.41) is 0. The molecule has 0 N–H and O–H groups in total. The molecule has 0 aromatic heterocycles. The van der Waals surface area contributed by atoms with E-state index < -0.39 is 0 Å². The van der Waals surface area contributed by atoms with Crippen LogP contribution in [0.3, 0.4) is 0 Å². The number of benzene rings is 1. The van der Waals surface area contributed by atoms with Gasteiger partial charge in [0, 0.05) is 6.54 Å². The average molecular weight is 171 g/mol. The fourth-order valence-corrected chi connectivity index (χ4v) is 1.98. The molecule has 0 amide bonds.